The van der Waals surface area contributed by atoms with Gasteiger partial charge in [0.05, 0.1) is 18.2 Å². The number of likely N-dealkylation sites (N-methyl/N-ethyl adjacent to an activating group) is 1. The molecule has 3 aromatic rings. The molecular formula is C22H23N3O2. The average Bonchev–Trinajstić information content (AvgIpc) is 3.18. The van der Waals surface area contributed by atoms with E-state index in [1.165, 1.54) is 5.56 Å². The van der Waals surface area contributed by atoms with Gasteiger partial charge in [0.15, 0.2) is 5.76 Å². The third kappa shape index (κ3) is 3.93. The monoisotopic (exact) mass is 361 g/mol. The number of carbonyl (C=O) groups is 1. The normalized spacial score (nSPS) is 17.8. The summed E-state index contributed by atoms with van der Waals surface area (Å²) in [6.45, 7) is 2.30. The molecule has 1 aliphatic heterocycles. The molecule has 2 aromatic carbocycles. The van der Waals surface area contributed by atoms with Crippen LogP contribution in [-0.4, -0.2) is 47.5 Å². The lowest BCUT2D eigenvalue weighted by Crippen LogP contribution is -2.49. The largest absolute Gasteiger partial charge is 0.356 e. The second-order valence-corrected chi connectivity index (χ2v) is 6.97. The van der Waals surface area contributed by atoms with Crippen LogP contribution in [0.5, 0.6) is 0 Å². The third-order valence-electron chi connectivity index (χ3n) is 5.13. The number of carbonyl (C=O) groups excluding carboxylic acids is 1. The van der Waals surface area contributed by atoms with Crippen LogP contribution in [0.15, 0.2) is 71.3 Å². The molecule has 0 radical (unpaired) electrons. The highest BCUT2D eigenvalue weighted by molar-refractivity contribution is 5.79. The Bertz CT molecular complexity index is 892. The molecule has 0 aliphatic carbocycles. The summed E-state index contributed by atoms with van der Waals surface area (Å²) < 4.78 is 5.42. The number of benzene rings is 2. The van der Waals surface area contributed by atoms with Crippen molar-refractivity contribution >= 4 is 5.91 Å². The van der Waals surface area contributed by atoms with E-state index in [2.05, 4.69) is 29.2 Å². The van der Waals surface area contributed by atoms with Gasteiger partial charge in [-0.25, -0.2) is 0 Å². The van der Waals surface area contributed by atoms with E-state index in [1.54, 1.807) is 0 Å². The van der Waals surface area contributed by atoms with Crippen molar-refractivity contribution in [1.29, 1.82) is 0 Å². The minimum Gasteiger partial charge on any atom is -0.356 e. The summed E-state index contributed by atoms with van der Waals surface area (Å²) in [6, 6.07) is 22.2. The Morgan fingerprint density at radius 1 is 1.07 bits per heavy atom. The fraction of sp³-hybridized carbons (Fsp3) is 0.273. The summed E-state index contributed by atoms with van der Waals surface area (Å²) >= 11 is 0. The topological polar surface area (TPSA) is 49.6 Å². The first-order valence-corrected chi connectivity index (χ1v) is 9.24. The Morgan fingerprint density at radius 3 is 2.52 bits per heavy atom. The standard InChI is InChI=1S/C22H23N3O2/c1-24-12-13-25(16-20(24)17-8-4-2-5-9-17)22(26)15-19-14-21(27-23-19)18-10-6-3-7-11-18/h2-11,14,20H,12-13,15-16H2,1H3. The average molecular weight is 361 g/mol. The lowest BCUT2D eigenvalue weighted by molar-refractivity contribution is -0.133. The highest BCUT2D eigenvalue weighted by atomic mass is 16.5. The Balaban J connectivity index is 1.43. The van der Waals surface area contributed by atoms with Crippen molar-refractivity contribution in [3.8, 4) is 11.3 Å². The maximum absolute atomic E-state index is 12.8. The van der Waals surface area contributed by atoms with Gasteiger partial charge in [-0.15, -0.1) is 0 Å². The van der Waals surface area contributed by atoms with Gasteiger partial charge in [-0.1, -0.05) is 65.8 Å². The molecule has 2 heterocycles. The van der Waals surface area contributed by atoms with E-state index in [0.29, 0.717) is 18.0 Å². The molecule has 0 saturated carbocycles. The molecule has 1 aliphatic rings. The van der Waals surface area contributed by atoms with Crippen molar-refractivity contribution in [3.63, 3.8) is 0 Å². The van der Waals surface area contributed by atoms with Crippen LogP contribution in [0.25, 0.3) is 11.3 Å². The summed E-state index contributed by atoms with van der Waals surface area (Å²) in [4.78, 5) is 17.1. The number of hydrogen-bond donors (Lipinski definition) is 0. The molecule has 1 fully saturated rings. The molecule has 27 heavy (non-hydrogen) atoms. The maximum atomic E-state index is 12.8. The summed E-state index contributed by atoms with van der Waals surface area (Å²) in [6.07, 6.45) is 0.265. The minimum atomic E-state index is 0.0944. The first kappa shape index (κ1) is 17.5. The first-order valence-electron chi connectivity index (χ1n) is 9.24. The van der Waals surface area contributed by atoms with Crippen molar-refractivity contribution in [3.05, 3.63) is 78.0 Å². The van der Waals surface area contributed by atoms with E-state index in [0.717, 1.165) is 18.7 Å². The number of aromatic nitrogens is 1. The quantitative estimate of drug-likeness (QED) is 0.715. The summed E-state index contributed by atoms with van der Waals surface area (Å²) in [5, 5.41) is 4.09. The molecule has 0 N–H and O–H groups in total. The molecular weight excluding hydrogens is 338 g/mol. The molecule has 0 bridgehead atoms. The Labute approximate surface area is 159 Å². The predicted molar refractivity (Wildman–Crippen MR) is 104 cm³/mol. The Kier molecular flexibility index (Phi) is 5.03. The zero-order valence-corrected chi connectivity index (χ0v) is 15.4. The van der Waals surface area contributed by atoms with Crippen LogP contribution in [0, 0.1) is 0 Å². The lowest BCUT2D eigenvalue weighted by Gasteiger charge is -2.39. The number of piperazine rings is 1. The summed E-state index contributed by atoms with van der Waals surface area (Å²) in [5.41, 5.74) is 2.88. The number of rotatable bonds is 4. The SMILES string of the molecule is CN1CCN(C(=O)Cc2cc(-c3ccccc3)on2)CC1c1ccccc1. The van der Waals surface area contributed by atoms with Crippen LogP contribution in [0.3, 0.4) is 0 Å². The molecule has 1 unspecified atom stereocenters. The number of hydrogen-bond acceptors (Lipinski definition) is 4. The van der Waals surface area contributed by atoms with Crippen LogP contribution in [-0.2, 0) is 11.2 Å². The fourth-order valence-electron chi connectivity index (χ4n) is 3.54. The van der Waals surface area contributed by atoms with E-state index in [4.69, 9.17) is 4.52 Å². The molecule has 1 saturated heterocycles. The van der Waals surface area contributed by atoms with E-state index in [-0.39, 0.29) is 18.4 Å². The minimum absolute atomic E-state index is 0.0944. The van der Waals surface area contributed by atoms with E-state index >= 15 is 0 Å². The van der Waals surface area contributed by atoms with Crippen molar-refractivity contribution in [2.45, 2.75) is 12.5 Å². The van der Waals surface area contributed by atoms with Gasteiger partial charge in [-0.05, 0) is 12.6 Å². The second-order valence-electron chi connectivity index (χ2n) is 6.97. The van der Waals surface area contributed by atoms with Crippen LogP contribution >= 0.6 is 0 Å². The van der Waals surface area contributed by atoms with Crippen molar-refractivity contribution in [2.24, 2.45) is 0 Å². The predicted octanol–water partition coefficient (Wildman–Crippen LogP) is 3.40. The zero-order valence-electron chi connectivity index (χ0n) is 15.4. The van der Waals surface area contributed by atoms with Gasteiger partial charge in [-0.3, -0.25) is 9.69 Å². The van der Waals surface area contributed by atoms with Gasteiger partial charge in [0, 0.05) is 31.3 Å². The zero-order chi connectivity index (χ0) is 18.6. The Hall–Kier alpha value is -2.92. The van der Waals surface area contributed by atoms with Crippen LogP contribution in [0.1, 0.15) is 17.3 Å². The molecule has 1 amide bonds. The first-order chi connectivity index (χ1) is 13.2. The van der Waals surface area contributed by atoms with Crippen molar-refractivity contribution < 1.29 is 9.32 Å². The van der Waals surface area contributed by atoms with E-state index < -0.39 is 0 Å². The molecule has 1 atom stereocenters. The molecule has 5 heteroatoms. The van der Waals surface area contributed by atoms with Crippen LogP contribution < -0.4 is 0 Å². The van der Waals surface area contributed by atoms with Gasteiger partial charge in [-0.2, -0.15) is 0 Å². The van der Waals surface area contributed by atoms with Gasteiger partial charge in [0.1, 0.15) is 0 Å². The lowest BCUT2D eigenvalue weighted by atomic mass is 10.0. The Morgan fingerprint density at radius 2 is 1.78 bits per heavy atom. The highest BCUT2D eigenvalue weighted by Gasteiger charge is 2.28. The number of nitrogens with zero attached hydrogens (tertiary/aromatic N) is 3. The van der Waals surface area contributed by atoms with Gasteiger partial charge in [0.2, 0.25) is 5.91 Å². The van der Waals surface area contributed by atoms with E-state index in [9.17, 15) is 4.79 Å². The molecule has 5 nitrogen and oxygen atoms in total. The molecule has 138 valence electrons. The molecule has 0 spiro atoms. The van der Waals surface area contributed by atoms with Crippen LogP contribution in [0.2, 0.25) is 0 Å². The molecule has 4 rings (SSSR count). The maximum Gasteiger partial charge on any atom is 0.228 e. The van der Waals surface area contributed by atoms with Gasteiger partial charge in [0.25, 0.3) is 0 Å². The third-order valence-corrected chi connectivity index (χ3v) is 5.13. The molecule has 1 aromatic heterocycles. The summed E-state index contributed by atoms with van der Waals surface area (Å²) in [5.74, 6) is 0.788. The van der Waals surface area contributed by atoms with E-state index in [1.807, 2.05) is 59.5 Å². The van der Waals surface area contributed by atoms with Crippen molar-refractivity contribution in [1.82, 2.24) is 15.0 Å². The highest BCUT2D eigenvalue weighted by Crippen LogP contribution is 2.25. The van der Waals surface area contributed by atoms with Crippen molar-refractivity contribution in [2.75, 3.05) is 26.7 Å². The fourth-order valence-corrected chi connectivity index (χ4v) is 3.54. The van der Waals surface area contributed by atoms with Gasteiger partial charge < -0.3 is 9.42 Å². The number of amides is 1. The summed E-state index contributed by atoms with van der Waals surface area (Å²) in [7, 11) is 2.11. The second kappa shape index (κ2) is 7.76. The van der Waals surface area contributed by atoms with Crippen LogP contribution in [0.4, 0.5) is 0 Å². The smallest absolute Gasteiger partial charge is 0.228 e. The van der Waals surface area contributed by atoms with Gasteiger partial charge >= 0.3 is 0 Å².